The molecule has 0 spiro atoms. The molecular weight excluding hydrogens is 310 g/mol. The van der Waals surface area contributed by atoms with Gasteiger partial charge in [0.2, 0.25) is 0 Å². The molecule has 124 valence electrons. The van der Waals surface area contributed by atoms with E-state index in [1.54, 1.807) is 30.2 Å². The second kappa shape index (κ2) is 5.63. The Morgan fingerprint density at radius 3 is 3.04 bits per heavy atom. The van der Waals surface area contributed by atoms with Crippen LogP contribution in [-0.2, 0) is 0 Å². The van der Waals surface area contributed by atoms with Gasteiger partial charge in [0.15, 0.2) is 11.3 Å². The van der Waals surface area contributed by atoms with Gasteiger partial charge in [-0.05, 0) is 26.2 Å². The van der Waals surface area contributed by atoms with Crippen molar-refractivity contribution >= 4 is 11.6 Å². The highest BCUT2D eigenvalue weighted by Gasteiger charge is 2.31. The van der Waals surface area contributed by atoms with Crippen molar-refractivity contribution in [1.82, 2.24) is 24.7 Å². The maximum atomic E-state index is 12.8. The van der Waals surface area contributed by atoms with Crippen LogP contribution in [0.3, 0.4) is 0 Å². The summed E-state index contributed by atoms with van der Waals surface area (Å²) in [4.78, 5) is 31.3. The lowest BCUT2D eigenvalue weighted by Crippen LogP contribution is -2.39. The number of carbonyl (C=O) groups is 1. The highest BCUT2D eigenvalue weighted by Crippen LogP contribution is 2.30. The Hall–Kier alpha value is -2.90. The van der Waals surface area contributed by atoms with Crippen LogP contribution in [0.25, 0.3) is 5.65 Å². The third-order valence-corrected chi connectivity index (χ3v) is 4.35. The molecule has 1 aliphatic rings. The molecule has 1 fully saturated rings. The van der Waals surface area contributed by atoms with Gasteiger partial charge in [-0.3, -0.25) is 14.7 Å². The zero-order chi connectivity index (χ0) is 16.7. The summed E-state index contributed by atoms with van der Waals surface area (Å²) in [5.41, 5.74) is 1.27. The topological polar surface area (TPSA) is 96.5 Å². The Labute approximate surface area is 137 Å². The molecule has 3 aromatic rings. The standard InChI is InChI=1S/C16H17N5O3/c1-10-8-12(19-24-10)16(23)20-7-3-2-4-13(20)11-9-15(22)21-14(18-11)5-6-17-21/h5-6,8-9,13,17H,2-4,7H2,1H3/t13-/m0/s1. The van der Waals surface area contributed by atoms with Gasteiger partial charge in [-0.15, -0.1) is 0 Å². The Morgan fingerprint density at radius 2 is 2.25 bits per heavy atom. The van der Waals surface area contributed by atoms with E-state index in [1.807, 2.05) is 0 Å². The van der Waals surface area contributed by atoms with Crippen LogP contribution < -0.4 is 5.56 Å². The number of fused-ring (bicyclic) bond motifs is 1. The van der Waals surface area contributed by atoms with Gasteiger partial charge in [-0.1, -0.05) is 5.16 Å². The van der Waals surface area contributed by atoms with Crippen molar-refractivity contribution in [3.8, 4) is 0 Å². The number of hydrogen-bond acceptors (Lipinski definition) is 5. The summed E-state index contributed by atoms with van der Waals surface area (Å²) in [6.07, 6.45) is 4.34. The van der Waals surface area contributed by atoms with Crippen molar-refractivity contribution in [2.75, 3.05) is 6.54 Å². The van der Waals surface area contributed by atoms with Gasteiger partial charge in [-0.2, -0.15) is 0 Å². The number of aryl methyl sites for hydroxylation is 1. The Kier molecular flexibility index (Phi) is 3.44. The molecule has 1 aliphatic heterocycles. The molecule has 4 rings (SSSR count). The number of amides is 1. The van der Waals surface area contributed by atoms with Gasteiger partial charge >= 0.3 is 0 Å². The third kappa shape index (κ3) is 2.40. The molecule has 0 aromatic carbocycles. The normalized spacial score (nSPS) is 18.2. The number of nitrogens with one attached hydrogen (secondary N) is 1. The zero-order valence-corrected chi connectivity index (χ0v) is 13.2. The minimum Gasteiger partial charge on any atom is -0.361 e. The van der Waals surface area contributed by atoms with E-state index in [9.17, 15) is 9.59 Å². The first-order valence-corrected chi connectivity index (χ1v) is 7.95. The molecule has 8 heteroatoms. The quantitative estimate of drug-likeness (QED) is 0.772. The number of H-pyrrole nitrogens is 1. The molecule has 8 nitrogen and oxygen atoms in total. The lowest BCUT2D eigenvalue weighted by atomic mass is 9.98. The van der Waals surface area contributed by atoms with Crippen LogP contribution >= 0.6 is 0 Å². The Morgan fingerprint density at radius 1 is 1.38 bits per heavy atom. The monoisotopic (exact) mass is 327 g/mol. The highest BCUT2D eigenvalue weighted by atomic mass is 16.5. The molecule has 0 radical (unpaired) electrons. The van der Waals surface area contributed by atoms with Crippen LogP contribution in [0.1, 0.15) is 47.2 Å². The van der Waals surface area contributed by atoms with Crippen LogP contribution in [0.5, 0.6) is 0 Å². The van der Waals surface area contributed by atoms with Gasteiger partial charge in [0.1, 0.15) is 5.76 Å². The molecular formula is C16H17N5O3. The lowest BCUT2D eigenvalue weighted by Gasteiger charge is -2.34. The van der Waals surface area contributed by atoms with Gasteiger partial charge < -0.3 is 9.42 Å². The molecule has 0 bridgehead atoms. The third-order valence-electron chi connectivity index (χ3n) is 4.35. The fourth-order valence-corrected chi connectivity index (χ4v) is 3.21. The van der Waals surface area contributed by atoms with E-state index in [4.69, 9.17) is 4.52 Å². The molecule has 4 heterocycles. The summed E-state index contributed by atoms with van der Waals surface area (Å²) >= 11 is 0. The Bertz CT molecular complexity index is 954. The summed E-state index contributed by atoms with van der Waals surface area (Å²) in [6, 6.07) is 4.64. The number of piperidine rings is 1. The van der Waals surface area contributed by atoms with Crippen molar-refractivity contribution in [1.29, 1.82) is 0 Å². The van der Waals surface area contributed by atoms with Gasteiger partial charge in [0, 0.05) is 30.9 Å². The van der Waals surface area contributed by atoms with Crippen molar-refractivity contribution in [3.05, 3.63) is 51.9 Å². The summed E-state index contributed by atoms with van der Waals surface area (Å²) in [6.45, 7) is 2.36. The lowest BCUT2D eigenvalue weighted by molar-refractivity contribution is 0.0595. The molecule has 1 saturated heterocycles. The Balaban J connectivity index is 1.73. The molecule has 1 atom stereocenters. The van der Waals surface area contributed by atoms with E-state index in [0.717, 1.165) is 19.3 Å². The second-order valence-electron chi connectivity index (χ2n) is 6.01. The largest absolute Gasteiger partial charge is 0.361 e. The number of nitrogens with zero attached hydrogens (tertiary/aromatic N) is 4. The molecule has 1 N–H and O–H groups in total. The molecule has 0 saturated carbocycles. The SMILES string of the molecule is Cc1cc(C(=O)N2CCCC[C@H]2c2cc(=O)n3[nH]ccc3n2)no1. The first-order chi connectivity index (χ1) is 11.6. The minimum absolute atomic E-state index is 0.185. The number of carbonyl (C=O) groups excluding carboxylic acids is 1. The number of likely N-dealkylation sites (tertiary alicyclic amines) is 1. The number of rotatable bonds is 2. The average Bonchev–Trinajstić information content (AvgIpc) is 3.23. The van der Waals surface area contributed by atoms with Gasteiger partial charge in [0.25, 0.3) is 11.5 Å². The van der Waals surface area contributed by atoms with Gasteiger partial charge in [0.05, 0.1) is 11.7 Å². The minimum atomic E-state index is -0.226. The molecule has 0 unspecified atom stereocenters. The smallest absolute Gasteiger partial charge is 0.276 e. The first kappa shape index (κ1) is 14.7. The summed E-state index contributed by atoms with van der Waals surface area (Å²) < 4.78 is 6.39. The fourth-order valence-electron chi connectivity index (χ4n) is 3.21. The van der Waals surface area contributed by atoms with Crippen molar-refractivity contribution < 1.29 is 9.32 Å². The summed E-state index contributed by atoms with van der Waals surface area (Å²) in [5, 5.41) is 6.64. The number of hydrogen-bond donors (Lipinski definition) is 1. The van der Waals surface area contributed by atoms with Gasteiger partial charge in [-0.25, -0.2) is 9.50 Å². The van der Waals surface area contributed by atoms with E-state index in [-0.39, 0.29) is 17.5 Å². The predicted octanol–water partition coefficient (Wildman–Crippen LogP) is 1.69. The number of aromatic amines is 1. The first-order valence-electron chi connectivity index (χ1n) is 7.95. The predicted molar refractivity (Wildman–Crippen MR) is 84.7 cm³/mol. The van der Waals surface area contributed by atoms with Crippen LogP contribution in [0.15, 0.2) is 33.7 Å². The molecule has 3 aromatic heterocycles. The van der Waals surface area contributed by atoms with Crippen LogP contribution in [0.4, 0.5) is 0 Å². The van der Waals surface area contributed by atoms with Crippen molar-refractivity contribution in [3.63, 3.8) is 0 Å². The van der Waals surface area contributed by atoms with E-state index in [1.165, 1.54) is 10.6 Å². The highest BCUT2D eigenvalue weighted by molar-refractivity contribution is 5.92. The molecule has 1 amide bonds. The summed E-state index contributed by atoms with van der Waals surface area (Å²) in [7, 11) is 0. The fraction of sp³-hybridized carbons (Fsp3) is 0.375. The average molecular weight is 327 g/mol. The maximum absolute atomic E-state index is 12.8. The zero-order valence-electron chi connectivity index (χ0n) is 13.2. The second-order valence-corrected chi connectivity index (χ2v) is 6.01. The molecule has 24 heavy (non-hydrogen) atoms. The van der Waals surface area contributed by atoms with Crippen molar-refractivity contribution in [2.24, 2.45) is 0 Å². The van der Waals surface area contributed by atoms with E-state index >= 15 is 0 Å². The van der Waals surface area contributed by atoms with Crippen LogP contribution in [0, 0.1) is 6.92 Å². The number of aromatic nitrogens is 4. The van der Waals surface area contributed by atoms with E-state index in [0.29, 0.717) is 29.3 Å². The van der Waals surface area contributed by atoms with E-state index in [2.05, 4.69) is 15.2 Å². The molecule has 0 aliphatic carbocycles. The van der Waals surface area contributed by atoms with E-state index < -0.39 is 0 Å². The van der Waals surface area contributed by atoms with Crippen LogP contribution in [0.2, 0.25) is 0 Å². The van der Waals surface area contributed by atoms with Crippen LogP contribution in [-0.4, -0.2) is 37.1 Å². The maximum Gasteiger partial charge on any atom is 0.276 e. The van der Waals surface area contributed by atoms with Crippen molar-refractivity contribution in [2.45, 2.75) is 32.2 Å². The summed E-state index contributed by atoms with van der Waals surface area (Å²) in [5.74, 6) is 0.407.